The Morgan fingerprint density at radius 2 is 1.90 bits per heavy atom. The second-order valence-corrected chi connectivity index (χ2v) is 6.91. The number of ketones is 1. The summed E-state index contributed by atoms with van der Waals surface area (Å²) in [5.74, 6) is -2.39. The number of Topliss-reactive ketones (excluding diaryl/α,β-unsaturated/α-hetero) is 1. The molecule has 0 bridgehead atoms. The Labute approximate surface area is 175 Å². The first kappa shape index (κ1) is 21.3. The zero-order valence-corrected chi connectivity index (χ0v) is 16.5. The molecule has 2 aromatic rings. The largest absolute Gasteiger partial charge is 0.507 e. The highest BCUT2D eigenvalue weighted by molar-refractivity contribution is 6.46. The van der Waals surface area contributed by atoms with Crippen LogP contribution in [0.2, 0.25) is 5.02 Å². The summed E-state index contributed by atoms with van der Waals surface area (Å²) < 4.78 is 5.02. The monoisotopic (exact) mass is 432 g/mol. The van der Waals surface area contributed by atoms with Gasteiger partial charge in [-0.25, -0.2) is 0 Å². The number of methoxy groups -OCH3 is 1. The number of likely N-dealkylation sites (tertiary alicyclic amines) is 1. The van der Waals surface area contributed by atoms with E-state index in [1.807, 2.05) is 0 Å². The minimum absolute atomic E-state index is 0.0140. The van der Waals surface area contributed by atoms with E-state index in [-0.39, 0.29) is 40.7 Å². The predicted octanol–water partition coefficient (Wildman–Crippen LogP) is 3.02. The van der Waals surface area contributed by atoms with E-state index in [1.165, 1.54) is 54.5 Å². The molecule has 30 heavy (non-hydrogen) atoms. The molecule has 156 valence electrons. The Hall–Kier alpha value is -3.43. The number of ether oxygens (including phenoxy) is 1. The number of phenols is 1. The fourth-order valence-electron chi connectivity index (χ4n) is 3.24. The van der Waals surface area contributed by atoms with Crippen LogP contribution in [0.1, 0.15) is 17.2 Å². The first-order valence-corrected chi connectivity index (χ1v) is 9.14. The highest BCUT2D eigenvalue weighted by Gasteiger charge is 2.46. The molecule has 1 saturated heterocycles. The molecule has 0 aliphatic carbocycles. The molecule has 1 amide bonds. The number of amides is 1. The van der Waals surface area contributed by atoms with Crippen molar-refractivity contribution in [3.8, 4) is 5.75 Å². The second kappa shape index (κ2) is 8.52. The third-order valence-electron chi connectivity index (χ3n) is 4.72. The van der Waals surface area contributed by atoms with E-state index in [9.17, 15) is 29.9 Å². The first-order chi connectivity index (χ1) is 14.3. The van der Waals surface area contributed by atoms with Gasteiger partial charge in [-0.1, -0.05) is 17.7 Å². The molecular formula is C20H17ClN2O7. The number of nitro groups is 1. The van der Waals surface area contributed by atoms with Crippen molar-refractivity contribution in [1.29, 1.82) is 0 Å². The van der Waals surface area contributed by atoms with Gasteiger partial charge in [0.1, 0.15) is 11.5 Å². The summed E-state index contributed by atoms with van der Waals surface area (Å²) >= 11 is 6.00. The zero-order chi connectivity index (χ0) is 22.0. The fraction of sp³-hybridized carbons (Fsp3) is 0.200. The number of nitro benzene ring substituents is 1. The second-order valence-electron chi connectivity index (χ2n) is 6.50. The van der Waals surface area contributed by atoms with Gasteiger partial charge in [0, 0.05) is 31.4 Å². The summed E-state index contributed by atoms with van der Waals surface area (Å²) in [4.78, 5) is 36.9. The fourth-order valence-corrected chi connectivity index (χ4v) is 3.43. The van der Waals surface area contributed by atoms with Crippen molar-refractivity contribution in [3.05, 3.63) is 74.3 Å². The number of halogens is 1. The van der Waals surface area contributed by atoms with Crippen LogP contribution in [-0.2, 0) is 14.3 Å². The number of carbonyl (C=O) groups excluding carboxylic acids is 2. The average molecular weight is 433 g/mol. The van der Waals surface area contributed by atoms with E-state index < -0.39 is 28.4 Å². The van der Waals surface area contributed by atoms with Gasteiger partial charge in [-0.15, -0.1) is 0 Å². The van der Waals surface area contributed by atoms with E-state index >= 15 is 0 Å². The number of phenolic OH excluding ortho intramolecular Hbond substituents is 1. The van der Waals surface area contributed by atoms with Crippen molar-refractivity contribution in [2.24, 2.45) is 0 Å². The van der Waals surface area contributed by atoms with Crippen molar-refractivity contribution in [2.45, 2.75) is 6.04 Å². The minimum atomic E-state index is -0.978. The molecule has 0 radical (unpaired) electrons. The van der Waals surface area contributed by atoms with Gasteiger partial charge in [0.2, 0.25) is 0 Å². The highest BCUT2D eigenvalue weighted by Crippen LogP contribution is 2.41. The number of nitrogens with zero attached hydrogens (tertiary/aromatic N) is 2. The summed E-state index contributed by atoms with van der Waals surface area (Å²) in [5.41, 5.74) is 0.164. The average Bonchev–Trinajstić information content (AvgIpc) is 2.98. The molecule has 2 N–H and O–H groups in total. The Balaban J connectivity index is 2.16. The topological polar surface area (TPSA) is 130 Å². The van der Waals surface area contributed by atoms with Gasteiger partial charge >= 0.3 is 0 Å². The molecule has 10 heteroatoms. The first-order valence-electron chi connectivity index (χ1n) is 8.76. The van der Waals surface area contributed by atoms with Crippen LogP contribution in [0.5, 0.6) is 5.75 Å². The van der Waals surface area contributed by atoms with Crippen LogP contribution >= 0.6 is 11.6 Å². The van der Waals surface area contributed by atoms with Gasteiger partial charge in [-0.2, -0.15) is 0 Å². The van der Waals surface area contributed by atoms with Crippen LogP contribution in [0.25, 0.3) is 5.76 Å². The number of hydrogen-bond acceptors (Lipinski definition) is 7. The third kappa shape index (κ3) is 3.85. The molecular weight excluding hydrogens is 416 g/mol. The maximum Gasteiger partial charge on any atom is 0.295 e. The third-order valence-corrected chi connectivity index (χ3v) is 5.02. The summed E-state index contributed by atoms with van der Waals surface area (Å²) in [7, 11) is 1.44. The van der Waals surface area contributed by atoms with Crippen molar-refractivity contribution in [1.82, 2.24) is 4.90 Å². The van der Waals surface area contributed by atoms with Crippen molar-refractivity contribution >= 4 is 34.7 Å². The Morgan fingerprint density at radius 3 is 2.47 bits per heavy atom. The SMILES string of the molecule is COCCN1C(=O)C(=O)/C(=C(\O)c2ccc([N+](=O)[O-])cc2)C1c1ccc(O)c(Cl)c1. The van der Waals surface area contributed by atoms with Gasteiger partial charge in [0.15, 0.2) is 0 Å². The maximum absolute atomic E-state index is 12.8. The lowest BCUT2D eigenvalue weighted by Gasteiger charge is -2.25. The molecule has 3 rings (SSSR count). The smallest absolute Gasteiger partial charge is 0.295 e. The molecule has 1 aliphatic rings. The molecule has 1 aliphatic heterocycles. The van der Waals surface area contributed by atoms with Crippen LogP contribution in [0.15, 0.2) is 48.0 Å². The normalized spacial score (nSPS) is 18.1. The van der Waals surface area contributed by atoms with E-state index in [4.69, 9.17) is 16.3 Å². The number of non-ortho nitro benzene ring substituents is 1. The van der Waals surface area contributed by atoms with Crippen molar-refractivity contribution < 1.29 is 29.5 Å². The minimum Gasteiger partial charge on any atom is -0.507 e. The lowest BCUT2D eigenvalue weighted by molar-refractivity contribution is -0.384. The van der Waals surface area contributed by atoms with Gasteiger partial charge < -0.3 is 19.8 Å². The molecule has 0 aromatic heterocycles. The summed E-state index contributed by atoms with van der Waals surface area (Å²) in [6, 6.07) is 8.17. The molecule has 1 unspecified atom stereocenters. The number of aliphatic hydroxyl groups is 1. The van der Waals surface area contributed by atoms with Crippen LogP contribution in [0, 0.1) is 10.1 Å². The van der Waals surface area contributed by atoms with E-state index in [0.29, 0.717) is 5.56 Å². The lowest BCUT2D eigenvalue weighted by Crippen LogP contribution is -2.32. The summed E-state index contributed by atoms with van der Waals surface area (Å²) in [6.07, 6.45) is 0. The highest BCUT2D eigenvalue weighted by atomic mass is 35.5. The molecule has 1 fully saturated rings. The molecule has 2 aromatic carbocycles. The molecule has 0 spiro atoms. The molecule has 0 saturated carbocycles. The maximum atomic E-state index is 12.8. The quantitative estimate of drug-likeness (QED) is 0.236. The van der Waals surface area contributed by atoms with E-state index in [1.54, 1.807) is 0 Å². The standard InChI is InChI=1S/C20H17ClN2O7/c1-30-9-8-22-17(12-4-7-15(24)14(21)10-12)16(19(26)20(22)27)18(25)11-2-5-13(6-3-11)23(28)29/h2-7,10,17,24-25H,8-9H2,1H3/b18-16-. The van der Waals surface area contributed by atoms with Crippen LogP contribution in [-0.4, -0.2) is 52.0 Å². The molecule has 9 nitrogen and oxygen atoms in total. The number of carbonyl (C=O) groups is 2. The Morgan fingerprint density at radius 1 is 1.23 bits per heavy atom. The lowest BCUT2D eigenvalue weighted by atomic mass is 9.95. The number of benzene rings is 2. The van der Waals surface area contributed by atoms with Crippen LogP contribution in [0.3, 0.4) is 0 Å². The zero-order valence-electron chi connectivity index (χ0n) is 15.7. The van der Waals surface area contributed by atoms with Gasteiger partial charge in [-0.05, 0) is 29.8 Å². The van der Waals surface area contributed by atoms with E-state index in [0.717, 1.165) is 0 Å². The predicted molar refractivity (Wildman–Crippen MR) is 107 cm³/mol. The molecule has 1 atom stereocenters. The van der Waals surface area contributed by atoms with Crippen molar-refractivity contribution in [3.63, 3.8) is 0 Å². The Bertz CT molecular complexity index is 1050. The number of aliphatic hydroxyl groups excluding tert-OH is 1. The summed E-state index contributed by atoms with van der Waals surface area (Å²) in [5, 5.41) is 31.4. The Kier molecular flexibility index (Phi) is 6.04. The number of hydrogen-bond donors (Lipinski definition) is 2. The summed E-state index contributed by atoms with van der Waals surface area (Å²) in [6.45, 7) is 0.216. The van der Waals surface area contributed by atoms with Crippen LogP contribution in [0.4, 0.5) is 5.69 Å². The van der Waals surface area contributed by atoms with Crippen molar-refractivity contribution in [2.75, 3.05) is 20.3 Å². The number of rotatable bonds is 6. The van der Waals surface area contributed by atoms with Gasteiger partial charge in [0.25, 0.3) is 17.4 Å². The number of aromatic hydroxyl groups is 1. The van der Waals surface area contributed by atoms with Gasteiger partial charge in [-0.3, -0.25) is 19.7 Å². The van der Waals surface area contributed by atoms with E-state index in [2.05, 4.69) is 0 Å². The van der Waals surface area contributed by atoms with Gasteiger partial charge in [0.05, 0.1) is 28.2 Å². The molecule has 1 heterocycles. The van der Waals surface area contributed by atoms with Crippen LogP contribution < -0.4 is 0 Å².